The summed E-state index contributed by atoms with van der Waals surface area (Å²) in [5, 5.41) is 9.95. The average Bonchev–Trinajstić information content (AvgIpc) is 2.42. The van der Waals surface area contributed by atoms with Crippen molar-refractivity contribution in [3.8, 4) is 0 Å². The van der Waals surface area contributed by atoms with Gasteiger partial charge in [-0.05, 0) is 57.9 Å². The van der Waals surface area contributed by atoms with Gasteiger partial charge in [0, 0.05) is 14.5 Å². The van der Waals surface area contributed by atoms with E-state index in [1.165, 1.54) is 18.2 Å². The summed E-state index contributed by atoms with van der Waals surface area (Å²) in [4.78, 5) is 0.0119. The molecule has 0 amide bonds. The zero-order valence-electron chi connectivity index (χ0n) is 10.5. The molecule has 21 heavy (non-hydrogen) atoms. The van der Waals surface area contributed by atoms with Crippen LogP contribution in [-0.2, 0) is 16.6 Å². The van der Waals surface area contributed by atoms with E-state index in [0.29, 0.717) is 25.8 Å². The maximum atomic E-state index is 12.3. The van der Waals surface area contributed by atoms with E-state index in [9.17, 15) is 8.42 Å². The molecular formula is C13H10BrCl2NO3S. The van der Waals surface area contributed by atoms with Crippen LogP contribution in [0, 0.1) is 0 Å². The SMILES string of the molecule is O=S(=O)(Nc1ccc(Cl)cc1Br)c1ccc(Cl)c(CO)c1. The molecule has 8 heteroatoms. The fourth-order valence-corrected chi connectivity index (χ4v) is 3.84. The van der Waals surface area contributed by atoms with Crippen molar-refractivity contribution in [1.82, 2.24) is 0 Å². The predicted molar refractivity (Wildman–Crippen MR) is 87.3 cm³/mol. The molecular weight excluding hydrogens is 401 g/mol. The highest BCUT2D eigenvalue weighted by molar-refractivity contribution is 9.10. The summed E-state index contributed by atoms with van der Waals surface area (Å²) in [5.74, 6) is 0. The van der Waals surface area contributed by atoms with Crippen molar-refractivity contribution in [1.29, 1.82) is 0 Å². The minimum Gasteiger partial charge on any atom is -0.392 e. The van der Waals surface area contributed by atoms with Gasteiger partial charge in [0.2, 0.25) is 0 Å². The maximum Gasteiger partial charge on any atom is 0.261 e. The summed E-state index contributed by atoms with van der Waals surface area (Å²) in [6.45, 7) is -0.340. The van der Waals surface area contributed by atoms with Crippen LogP contribution in [0.25, 0.3) is 0 Å². The Balaban J connectivity index is 2.38. The number of hydrogen-bond donors (Lipinski definition) is 2. The van der Waals surface area contributed by atoms with E-state index in [0.717, 1.165) is 0 Å². The Labute approximate surface area is 140 Å². The minimum atomic E-state index is -3.79. The largest absolute Gasteiger partial charge is 0.392 e. The number of halogens is 3. The van der Waals surface area contributed by atoms with Gasteiger partial charge >= 0.3 is 0 Å². The molecule has 0 unspecified atom stereocenters. The molecule has 2 rings (SSSR count). The topological polar surface area (TPSA) is 66.4 Å². The van der Waals surface area contributed by atoms with E-state index in [2.05, 4.69) is 20.7 Å². The fourth-order valence-electron chi connectivity index (χ4n) is 1.62. The molecule has 0 aliphatic carbocycles. The van der Waals surface area contributed by atoms with Crippen molar-refractivity contribution in [2.45, 2.75) is 11.5 Å². The Kier molecular flexibility index (Phi) is 5.16. The number of aliphatic hydroxyl groups excluding tert-OH is 1. The molecule has 0 spiro atoms. The van der Waals surface area contributed by atoms with E-state index < -0.39 is 10.0 Å². The first-order valence-electron chi connectivity index (χ1n) is 5.70. The highest BCUT2D eigenvalue weighted by Crippen LogP contribution is 2.29. The number of anilines is 1. The Morgan fingerprint density at radius 3 is 2.48 bits per heavy atom. The summed E-state index contributed by atoms with van der Waals surface area (Å²) in [6.07, 6.45) is 0. The molecule has 0 bridgehead atoms. The quantitative estimate of drug-likeness (QED) is 0.798. The summed E-state index contributed by atoms with van der Waals surface area (Å²) in [7, 11) is -3.79. The summed E-state index contributed by atoms with van der Waals surface area (Å²) in [5.41, 5.74) is 0.703. The molecule has 2 aromatic rings. The molecule has 2 N–H and O–H groups in total. The second kappa shape index (κ2) is 6.54. The number of sulfonamides is 1. The van der Waals surface area contributed by atoms with Crippen LogP contribution < -0.4 is 4.72 Å². The number of hydrogen-bond acceptors (Lipinski definition) is 3. The van der Waals surface area contributed by atoms with Crippen LogP contribution in [0.4, 0.5) is 5.69 Å². The lowest BCUT2D eigenvalue weighted by Gasteiger charge is -2.11. The van der Waals surface area contributed by atoms with E-state index in [1.807, 2.05) is 0 Å². The van der Waals surface area contributed by atoms with Gasteiger partial charge in [-0.1, -0.05) is 23.2 Å². The van der Waals surface area contributed by atoms with Gasteiger partial charge in [0.15, 0.2) is 0 Å². The molecule has 0 saturated carbocycles. The first-order chi connectivity index (χ1) is 9.83. The van der Waals surface area contributed by atoms with Crippen molar-refractivity contribution in [2.24, 2.45) is 0 Å². The Morgan fingerprint density at radius 2 is 1.86 bits per heavy atom. The first-order valence-corrected chi connectivity index (χ1v) is 8.74. The van der Waals surface area contributed by atoms with Crippen LogP contribution in [-0.4, -0.2) is 13.5 Å². The number of benzene rings is 2. The standard InChI is InChI=1S/C13H10BrCl2NO3S/c14-11-6-9(15)1-4-13(11)17-21(19,20)10-2-3-12(16)8(5-10)7-18/h1-6,17-18H,7H2. The summed E-state index contributed by atoms with van der Waals surface area (Å²) < 4.78 is 27.6. The molecule has 2 aromatic carbocycles. The van der Waals surface area contributed by atoms with Crippen molar-refractivity contribution < 1.29 is 13.5 Å². The van der Waals surface area contributed by atoms with Gasteiger partial charge in [0.25, 0.3) is 10.0 Å². The number of aliphatic hydroxyl groups is 1. The molecule has 112 valence electrons. The second-order valence-electron chi connectivity index (χ2n) is 4.14. The van der Waals surface area contributed by atoms with Crippen LogP contribution in [0.2, 0.25) is 10.0 Å². The van der Waals surface area contributed by atoms with E-state index in [1.54, 1.807) is 18.2 Å². The summed E-state index contributed by atoms with van der Waals surface area (Å²) in [6, 6.07) is 8.83. The van der Waals surface area contributed by atoms with Gasteiger partial charge in [-0.25, -0.2) is 8.42 Å². The minimum absolute atomic E-state index is 0.0119. The van der Waals surface area contributed by atoms with Crippen molar-refractivity contribution in [3.63, 3.8) is 0 Å². The normalized spacial score (nSPS) is 11.4. The van der Waals surface area contributed by atoms with Crippen molar-refractivity contribution in [3.05, 3.63) is 56.5 Å². The lowest BCUT2D eigenvalue weighted by atomic mass is 10.2. The summed E-state index contributed by atoms with van der Waals surface area (Å²) >= 11 is 14.9. The van der Waals surface area contributed by atoms with Gasteiger partial charge in [-0.3, -0.25) is 4.72 Å². The molecule has 0 heterocycles. The number of nitrogens with one attached hydrogen (secondary N) is 1. The van der Waals surface area contributed by atoms with Gasteiger partial charge in [-0.15, -0.1) is 0 Å². The molecule has 0 aliphatic rings. The van der Waals surface area contributed by atoms with E-state index in [-0.39, 0.29) is 11.5 Å². The Bertz CT molecular complexity index is 781. The molecule has 0 aromatic heterocycles. The lowest BCUT2D eigenvalue weighted by molar-refractivity contribution is 0.281. The van der Waals surface area contributed by atoms with Crippen molar-refractivity contribution >= 4 is 54.8 Å². The molecule has 4 nitrogen and oxygen atoms in total. The predicted octanol–water partition coefficient (Wildman–Crippen LogP) is 4.05. The smallest absolute Gasteiger partial charge is 0.261 e. The van der Waals surface area contributed by atoms with Crippen molar-refractivity contribution in [2.75, 3.05) is 4.72 Å². The zero-order valence-corrected chi connectivity index (χ0v) is 14.4. The highest BCUT2D eigenvalue weighted by atomic mass is 79.9. The average molecular weight is 411 g/mol. The Hall–Kier alpha value is -0.790. The van der Waals surface area contributed by atoms with Gasteiger partial charge in [-0.2, -0.15) is 0 Å². The molecule has 0 aliphatic heterocycles. The third kappa shape index (κ3) is 3.90. The van der Waals surface area contributed by atoms with Crippen LogP contribution in [0.5, 0.6) is 0 Å². The van der Waals surface area contributed by atoms with Gasteiger partial charge in [0.05, 0.1) is 17.2 Å². The molecule has 0 radical (unpaired) electrons. The third-order valence-corrected chi connectivity index (χ3v) is 5.30. The molecule has 0 fully saturated rings. The second-order valence-corrected chi connectivity index (χ2v) is 7.52. The van der Waals surface area contributed by atoms with Gasteiger partial charge < -0.3 is 5.11 Å². The monoisotopic (exact) mass is 409 g/mol. The first kappa shape index (κ1) is 16.6. The van der Waals surface area contributed by atoms with Crippen LogP contribution >= 0.6 is 39.1 Å². The zero-order chi connectivity index (χ0) is 15.6. The van der Waals surface area contributed by atoms with Crippen LogP contribution in [0.1, 0.15) is 5.56 Å². The van der Waals surface area contributed by atoms with E-state index in [4.69, 9.17) is 28.3 Å². The van der Waals surface area contributed by atoms with E-state index >= 15 is 0 Å². The maximum absolute atomic E-state index is 12.3. The Morgan fingerprint density at radius 1 is 1.14 bits per heavy atom. The number of rotatable bonds is 4. The molecule has 0 atom stereocenters. The van der Waals surface area contributed by atoms with Gasteiger partial charge in [0.1, 0.15) is 0 Å². The third-order valence-electron chi connectivity index (χ3n) is 2.67. The van der Waals surface area contributed by atoms with Crippen LogP contribution in [0.3, 0.4) is 0 Å². The molecule has 0 saturated heterocycles. The van der Waals surface area contributed by atoms with Crippen LogP contribution in [0.15, 0.2) is 45.8 Å². The lowest BCUT2D eigenvalue weighted by Crippen LogP contribution is -2.13. The highest BCUT2D eigenvalue weighted by Gasteiger charge is 2.17. The fraction of sp³-hybridized carbons (Fsp3) is 0.0769.